The Morgan fingerprint density at radius 2 is 1.71 bits per heavy atom. The van der Waals surface area contributed by atoms with E-state index in [4.69, 9.17) is 15.3 Å². The number of aliphatic carboxylic acids is 1. The molecule has 0 aliphatic carbocycles. The third-order valence-electron chi connectivity index (χ3n) is 2.02. The standard InChI is InChI=1S/C11H13NO5/c13-8-4-7(5-9(14)6-8)11(17)12-3-1-2-10(15)16/h4-6,13-14H,1-3H2,(H,12,17)(H,15,16). The van der Waals surface area contributed by atoms with Crippen molar-refractivity contribution in [3.8, 4) is 11.5 Å². The van der Waals surface area contributed by atoms with E-state index < -0.39 is 11.9 Å². The number of amides is 1. The molecule has 0 bridgehead atoms. The van der Waals surface area contributed by atoms with Crippen molar-refractivity contribution in [3.63, 3.8) is 0 Å². The Bertz CT molecular complexity index is 410. The maximum absolute atomic E-state index is 11.5. The van der Waals surface area contributed by atoms with Gasteiger partial charge in [0, 0.05) is 24.6 Å². The maximum atomic E-state index is 11.5. The molecule has 0 aromatic heterocycles. The van der Waals surface area contributed by atoms with Gasteiger partial charge in [-0.3, -0.25) is 9.59 Å². The van der Waals surface area contributed by atoms with Gasteiger partial charge in [0.25, 0.3) is 5.91 Å². The fraction of sp³-hybridized carbons (Fsp3) is 0.273. The van der Waals surface area contributed by atoms with Gasteiger partial charge in [-0.1, -0.05) is 0 Å². The smallest absolute Gasteiger partial charge is 0.303 e. The first kappa shape index (κ1) is 12.8. The zero-order chi connectivity index (χ0) is 12.8. The Labute approximate surface area is 97.5 Å². The molecular weight excluding hydrogens is 226 g/mol. The molecule has 0 aliphatic rings. The number of rotatable bonds is 5. The van der Waals surface area contributed by atoms with E-state index in [0.717, 1.165) is 6.07 Å². The quantitative estimate of drug-likeness (QED) is 0.565. The molecule has 0 fully saturated rings. The monoisotopic (exact) mass is 239 g/mol. The topological polar surface area (TPSA) is 107 Å². The van der Waals surface area contributed by atoms with Crippen LogP contribution < -0.4 is 5.32 Å². The number of aromatic hydroxyl groups is 2. The summed E-state index contributed by atoms with van der Waals surface area (Å²) >= 11 is 0. The first-order valence-corrected chi connectivity index (χ1v) is 5.02. The molecule has 92 valence electrons. The summed E-state index contributed by atoms with van der Waals surface area (Å²) in [7, 11) is 0. The molecule has 0 spiro atoms. The third-order valence-corrected chi connectivity index (χ3v) is 2.02. The predicted molar refractivity (Wildman–Crippen MR) is 59.0 cm³/mol. The molecule has 4 N–H and O–H groups in total. The van der Waals surface area contributed by atoms with Crippen LogP contribution in [0.1, 0.15) is 23.2 Å². The number of carboxylic acids is 1. The highest BCUT2D eigenvalue weighted by Crippen LogP contribution is 2.20. The molecule has 1 rings (SSSR count). The first-order valence-electron chi connectivity index (χ1n) is 5.02. The molecule has 1 aromatic carbocycles. The van der Waals surface area contributed by atoms with Crippen LogP contribution in [0.15, 0.2) is 18.2 Å². The van der Waals surface area contributed by atoms with Gasteiger partial charge in [0.2, 0.25) is 0 Å². The number of phenols is 2. The zero-order valence-electron chi connectivity index (χ0n) is 9.01. The van der Waals surface area contributed by atoms with Crippen LogP contribution in [0.5, 0.6) is 11.5 Å². The highest BCUT2D eigenvalue weighted by Gasteiger charge is 2.08. The van der Waals surface area contributed by atoms with Crippen molar-refractivity contribution in [2.24, 2.45) is 0 Å². The molecule has 0 atom stereocenters. The minimum Gasteiger partial charge on any atom is -0.508 e. The van der Waals surface area contributed by atoms with Crippen molar-refractivity contribution in [1.29, 1.82) is 0 Å². The lowest BCUT2D eigenvalue weighted by atomic mass is 10.2. The Kier molecular flexibility index (Phi) is 4.33. The highest BCUT2D eigenvalue weighted by molar-refractivity contribution is 5.95. The summed E-state index contributed by atoms with van der Waals surface area (Å²) < 4.78 is 0. The second-order valence-electron chi connectivity index (χ2n) is 3.49. The molecule has 6 nitrogen and oxygen atoms in total. The van der Waals surface area contributed by atoms with Crippen LogP contribution in [0.25, 0.3) is 0 Å². The van der Waals surface area contributed by atoms with Crippen molar-refractivity contribution in [3.05, 3.63) is 23.8 Å². The fourth-order valence-electron chi connectivity index (χ4n) is 1.27. The molecule has 0 saturated heterocycles. The van der Waals surface area contributed by atoms with E-state index in [0.29, 0.717) is 6.42 Å². The molecule has 0 heterocycles. The Morgan fingerprint density at radius 1 is 1.12 bits per heavy atom. The van der Waals surface area contributed by atoms with Crippen LogP contribution in [-0.2, 0) is 4.79 Å². The largest absolute Gasteiger partial charge is 0.508 e. The molecule has 1 amide bonds. The summed E-state index contributed by atoms with van der Waals surface area (Å²) in [5.74, 6) is -1.81. The van der Waals surface area contributed by atoms with Gasteiger partial charge in [-0.25, -0.2) is 0 Å². The summed E-state index contributed by atoms with van der Waals surface area (Å²) in [4.78, 5) is 21.7. The van der Waals surface area contributed by atoms with Crippen LogP contribution in [0, 0.1) is 0 Å². The van der Waals surface area contributed by atoms with Crippen molar-refractivity contribution in [2.45, 2.75) is 12.8 Å². The minimum absolute atomic E-state index is 0.0223. The lowest BCUT2D eigenvalue weighted by molar-refractivity contribution is -0.137. The Morgan fingerprint density at radius 3 is 2.24 bits per heavy atom. The van der Waals surface area contributed by atoms with E-state index in [2.05, 4.69) is 5.32 Å². The zero-order valence-corrected chi connectivity index (χ0v) is 9.01. The normalized spacial score (nSPS) is 9.88. The molecule has 6 heteroatoms. The molecule has 0 saturated carbocycles. The Balaban J connectivity index is 2.49. The van der Waals surface area contributed by atoms with Gasteiger partial charge < -0.3 is 20.6 Å². The number of hydrogen-bond acceptors (Lipinski definition) is 4. The number of phenolic OH excluding ortho intramolecular Hbond substituents is 2. The average molecular weight is 239 g/mol. The number of carbonyl (C=O) groups excluding carboxylic acids is 1. The van der Waals surface area contributed by atoms with E-state index >= 15 is 0 Å². The molecule has 17 heavy (non-hydrogen) atoms. The van der Waals surface area contributed by atoms with Gasteiger partial charge in [0.1, 0.15) is 11.5 Å². The van der Waals surface area contributed by atoms with Gasteiger partial charge in [0.05, 0.1) is 0 Å². The molecule has 1 aromatic rings. The molecule has 0 aliphatic heterocycles. The van der Waals surface area contributed by atoms with Crippen LogP contribution in [0.2, 0.25) is 0 Å². The number of carboxylic acid groups (broad SMARTS) is 1. The summed E-state index contributed by atoms with van der Waals surface area (Å²) in [6.45, 7) is 0.224. The van der Waals surface area contributed by atoms with Crippen LogP contribution in [0.4, 0.5) is 0 Å². The van der Waals surface area contributed by atoms with E-state index in [9.17, 15) is 9.59 Å². The van der Waals surface area contributed by atoms with E-state index in [-0.39, 0.29) is 30.0 Å². The number of carbonyl (C=O) groups is 2. The Hall–Kier alpha value is -2.24. The van der Waals surface area contributed by atoms with Crippen LogP contribution in [-0.4, -0.2) is 33.7 Å². The number of benzene rings is 1. The van der Waals surface area contributed by atoms with E-state index in [1.807, 2.05) is 0 Å². The third kappa shape index (κ3) is 4.42. The maximum Gasteiger partial charge on any atom is 0.303 e. The van der Waals surface area contributed by atoms with Crippen molar-refractivity contribution < 1.29 is 24.9 Å². The fourth-order valence-corrected chi connectivity index (χ4v) is 1.27. The van der Waals surface area contributed by atoms with E-state index in [1.165, 1.54) is 12.1 Å². The average Bonchev–Trinajstić information content (AvgIpc) is 2.22. The van der Waals surface area contributed by atoms with Crippen molar-refractivity contribution in [1.82, 2.24) is 5.32 Å². The first-order chi connectivity index (χ1) is 7.99. The van der Waals surface area contributed by atoms with Gasteiger partial charge in [-0.05, 0) is 18.6 Å². The number of hydrogen-bond donors (Lipinski definition) is 4. The predicted octanol–water partition coefficient (Wildman–Crippen LogP) is 0.692. The van der Waals surface area contributed by atoms with Gasteiger partial charge in [-0.15, -0.1) is 0 Å². The minimum atomic E-state index is -0.922. The summed E-state index contributed by atoms with van der Waals surface area (Å²) in [5, 5.41) is 29.2. The highest BCUT2D eigenvalue weighted by atomic mass is 16.4. The van der Waals surface area contributed by atoms with Crippen molar-refractivity contribution in [2.75, 3.05) is 6.54 Å². The molecule has 0 unspecified atom stereocenters. The summed E-state index contributed by atoms with van der Waals surface area (Å²) in [5.41, 5.74) is 0.123. The lowest BCUT2D eigenvalue weighted by Gasteiger charge is -2.05. The summed E-state index contributed by atoms with van der Waals surface area (Å²) in [6.07, 6.45) is 0.303. The lowest BCUT2D eigenvalue weighted by Crippen LogP contribution is -2.24. The molecular formula is C11H13NO5. The molecule has 0 radical (unpaired) electrons. The van der Waals surface area contributed by atoms with Crippen molar-refractivity contribution >= 4 is 11.9 Å². The van der Waals surface area contributed by atoms with Gasteiger partial charge >= 0.3 is 5.97 Å². The number of nitrogens with one attached hydrogen (secondary N) is 1. The van der Waals surface area contributed by atoms with Crippen LogP contribution in [0.3, 0.4) is 0 Å². The van der Waals surface area contributed by atoms with Gasteiger partial charge in [0.15, 0.2) is 0 Å². The van der Waals surface area contributed by atoms with E-state index in [1.54, 1.807) is 0 Å². The second kappa shape index (κ2) is 5.74. The summed E-state index contributed by atoms with van der Waals surface area (Å²) in [6, 6.07) is 3.54. The second-order valence-corrected chi connectivity index (χ2v) is 3.49. The SMILES string of the molecule is O=C(O)CCCNC(=O)c1cc(O)cc(O)c1. The van der Waals surface area contributed by atoms with Gasteiger partial charge in [-0.2, -0.15) is 0 Å². The van der Waals surface area contributed by atoms with Crippen LogP contribution >= 0.6 is 0 Å².